The summed E-state index contributed by atoms with van der Waals surface area (Å²) in [4.78, 5) is 6.21. The molecule has 3 aliphatic heterocycles. The van der Waals surface area contributed by atoms with Crippen molar-refractivity contribution < 1.29 is 18.7 Å². The molecule has 0 saturated carbocycles. The van der Waals surface area contributed by atoms with Gasteiger partial charge in [-0.05, 0) is 0 Å². The minimum Gasteiger partial charge on any atom is -0.351 e. The van der Waals surface area contributed by atoms with E-state index in [1.807, 2.05) is 0 Å². The van der Waals surface area contributed by atoms with E-state index >= 15 is 0 Å². The van der Waals surface area contributed by atoms with Gasteiger partial charge in [-0.3, -0.25) is 0 Å². The van der Waals surface area contributed by atoms with Crippen molar-refractivity contribution in [3.05, 3.63) is 0 Å². The van der Waals surface area contributed by atoms with Gasteiger partial charge in [0.1, 0.15) is 19.6 Å². The molecule has 0 N–H and O–H groups in total. The molecule has 0 amide bonds. The molecule has 1 unspecified atom stereocenters. The lowest BCUT2D eigenvalue weighted by molar-refractivity contribution is -1.18. The van der Waals surface area contributed by atoms with E-state index in [1.54, 1.807) is 7.11 Å². The maximum absolute atomic E-state index is 6.21. The summed E-state index contributed by atoms with van der Waals surface area (Å²) in [7, 11) is 4.12. The van der Waals surface area contributed by atoms with Gasteiger partial charge in [-0.2, -0.15) is 9.48 Å². The number of methoxy groups -OCH3 is 1. The van der Waals surface area contributed by atoms with Crippen molar-refractivity contribution in [3.8, 4) is 0 Å². The zero-order valence-electron chi connectivity index (χ0n) is 10.9. The van der Waals surface area contributed by atoms with E-state index in [1.165, 1.54) is 24.1 Å². The monoisotopic (exact) mass is 230 g/mol. The second-order valence-electron chi connectivity index (χ2n) is 5.58. The fourth-order valence-electron chi connectivity index (χ4n) is 2.80. The Morgan fingerprint density at radius 1 is 1.06 bits per heavy atom. The van der Waals surface area contributed by atoms with Gasteiger partial charge >= 0.3 is 0 Å². The van der Waals surface area contributed by atoms with Gasteiger partial charge in [-0.15, -0.1) is 0 Å². The number of likely N-dealkylation sites (N-methyl/N-ethyl adjacent to an activating group) is 1. The van der Waals surface area contributed by atoms with Crippen LogP contribution in [0, 0.1) is 0 Å². The first-order chi connectivity index (χ1) is 7.61. The molecule has 0 aliphatic carbocycles. The van der Waals surface area contributed by atoms with Crippen LogP contribution in [0.5, 0.6) is 0 Å². The number of quaternary nitrogens is 2. The van der Waals surface area contributed by atoms with E-state index in [-0.39, 0.29) is 6.29 Å². The summed E-state index contributed by atoms with van der Waals surface area (Å²) < 4.78 is 7.50. The standard InChI is InChI=1S/C12H26N2O2/c1-4-5-12(15-3)16-14-9-6-13(2,7-10-14)8-11-14/h12H,4-11H2,1-3H3/q+2. The second-order valence-corrected chi connectivity index (χ2v) is 5.58. The van der Waals surface area contributed by atoms with Crippen LogP contribution in [0.3, 0.4) is 0 Å². The molecule has 16 heavy (non-hydrogen) atoms. The first-order valence-electron chi connectivity index (χ1n) is 6.52. The first kappa shape index (κ1) is 12.3. The summed E-state index contributed by atoms with van der Waals surface area (Å²) in [6.07, 6.45) is 2.11. The smallest absolute Gasteiger partial charge is 0.215 e. The van der Waals surface area contributed by atoms with Crippen molar-refractivity contribution in [2.75, 3.05) is 53.4 Å². The number of piperazine rings is 3. The van der Waals surface area contributed by atoms with Gasteiger partial charge in [0.25, 0.3) is 0 Å². The molecule has 3 saturated heterocycles. The maximum atomic E-state index is 6.21. The van der Waals surface area contributed by atoms with E-state index in [2.05, 4.69) is 14.0 Å². The van der Waals surface area contributed by atoms with E-state index in [0.717, 1.165) is 37.1 Å². The van der Waals surface area contributed by atoms with Crippen molar-refractivity contribution in [1.29, 1.82) is 0 Å². The Morgan fingerprint density at radius 2 is 1.62 bits per heavy atom. The van der Waals surface area contributed by atoms with E-state index in [4.69, 9.17) is 9.57 Å². The predicted octanol–water partition coefficient (Wildman–Crippen LogP) is 0.981. The molecule has 3 aliphatic rings. The number of nitrogens with zero attached hydrogens (tertiary/aromatic N) is 2. The van der Waals surface area contributed by atoms with Gasteiger partial charge in [-0.1, -0.05) is 13.3 Å². The second kappa shape index (κ2) is 4.61. The van der Waals surface area contributed by atoms with Crippen LogP contribution in [0.25, 0.3) is 0 Å². The van der Waals surface area contributed by atoms with Crippen molar-refractivity contribution in [2.24, 2.45) is 0 Å². The molecule has 0 aromatic carbocycles. The Bertz CT molecular complexity index is 221. The van der Waals surface area contributed by atoms with Gasteiger partial charge in [-0.25, -0.2) is 0 Å². The summed E-state index contributed by atoms with van der Waals surface area (Å²) in [6.45, 7) is 9.39. The Balaban J connectivity index is 1.93. The van der Waals surface area contributed by atoms with Crippen molar-refractivity contribution in [1.82, 2.24) is 0 Å². The average Bonchev–Trinajstić information content (AvgIpc) is 2.31. The molecule has 0 aromatic rings. The highest BCUT2D eigenvalue weighted by atomic mass is 16.8. The molecule has 2 bridgehead atoms. The van der Waals surface area contributed by atoms with Crippen molar-refractivity contribution in [3.63, 3.8) is 0 Å². The molecule has 0 radical (unpaired) electrons. The van der Waals surface area contributed by atoms with Crippen LogP contribution in [0.15, 0.2) is 0 Å². The zero-order valence-corrected chi connectivity index (χ0v) is 10.9. The predicted molar refractivity (Wildman–Crippen MR) is 62.4 cm³/mol. The normalized spacial score (nSPS) is 39.9. The summed E-state index contributed by atoms with van der Waals surface area (Å²) in [6, 6.07) is 0. The van der Waals surface area contributed by atoms with E-state index in [0.29, 0.717) is 0 Å². The third-order valence-corrected chi connectivity index (χ3v) is 4.27. The molecular weight excluding hydrogens is 204 g/mol. The SMILES string of the molecule is CCCC(OC)O[N+]12CC[N+](C)(CC1)CC2. The number of hydroxylamine groups is 3. The minimum atomic E-state index is -0.0139. The topological polar surface area (TPSA) is 18.5 Å². The number of ether oxygens (including phenoxy) is 1. The largest absolute Gasteiger partial charge is 0.351 e. The van der Waals surface area contributed by atoms with Crippen LogP contribution in [-0.4, -0.2) is 68.8 Å². The van der Waals surface area contributed by atoms with Crippen molar-refractivity contribution in [2.45, 2.75) is 26.1 Å². The van der Waals surface area contributed by atoms with Crippen LogP contribution >= 0.6 is 0 Å². The number of hydrogen-bond acceptors (Lipinski definition) is 2. The molecule has 0 spiro atoms. The Hall–Kier alpha value is -0.160. The quantitative estimate of drug-likeness (QED) is 0.518. The van der Waals surface area contributed by atoms with Crippen LogP contribution < -0.4 is 0 Å². The first-order valence-corrected chi connectivity index (χ1v) is 6.52. The number of hydrogen-bond donors (Lipinski definition) is 0. The van der Waals surface area contributed by atoms with Gasteiger partial charge < -0.3 is 9.22 Å². The van der Waals surface area contributed by atoms with E-state index in [9.17, 15) is 0 Å². The highest BCUT2D eigenvalue weighted by Gasteiger charge is 2.49. The third kappa shape index (κ3) is 2.40. The van der Waals surface area contributed by atoms with Crippen molar-refractivity contribution >= 4 is 0 Å². The van der Waals surface area contributed by atoms with Crippen LogP contribution in [-0.2, 0) is 9.57 Å². The molecule has 1 atom stereocenters. The summed E-state index contributed by atoms with van der Waals surface area (Å²) in [5.74, 6) is 0. The van der Waals surface area contributed by atoms with Crippen LogP contribution in [0.2, 0.25) is 0 Å². The molecule has 4 heteroatoms. The van der Waals surface area contributed by atoms with Gasteiger partial charge in [0, 0.05) is 13.5 Å². The average molecular weight is 230 g/mol. The minimum absolute atomic E-state index is 0.0139. The van der Waals surface area contributed by atoms with Crippen LogP contribution in [0.1, 0.15) is 19.8 Å². The molecule has 3 fully saturated rings. The van der Waals surface area contributed by atoms with E-state index < -0.39 is 0 Å². The lowest BCUT2D eigenvalue weighted by atomic mass is 10.1. The summed E-state index contributed by atoms with van der Waals surface area (Å²) >= 11 is 0. The number of fused-ring (bicyclic) bond motifs is 3. The fraction of sp³-hybridized carbons (Fsp3) is 1.00. The molecule has 3 rings (SSSR count). The third-order valence-electron chi connectivity index (χ3n) is 4.27. The lowest BCUT2D eigenvalue weighted by Crippen LogP contribution is -2.74. The molecule has 94 valence electrons. The highest BCUT2D eigenvalue weighted by molar-refractivity contribution is 4.56. The Kier molecular flexibility index (Phi) is 3.54. The maximum Gasteiger partial charge on any atom is 0.215 e. The molecule has 3 heterocycles. The lowest BCUT2D eigenvalue weighted by Gasteiger charge is -2.52. The van der Waals surface area contributed by atoms with Gasteiger partial charge in [0.15, 0.2) is 19.6 Å². The highest BCUT2D eigenvalue weighted by Crippen LogP contribution is 2.27. The van der Waals surface area contributed by atoms with Gasteiger partial charge in [0.2, 0.25) is 6.29 Å². The molecule has 4 nitrogen and oxygen atoms in total. The summed E-state index contributed by atoms with van der Waals surface area (Å²) in [5.41, 5.74) is 0. The fourth-order valence-corrected chi connectivity index (χ4v) is 2.80. The van der Waals surface area contributed by atoms with Gasteiger partial charge in [0.05, 0.1) is 7.05 Å². The number of rotatable bonds is 5. The zero-order chi connectivity index (χ0) is 11.6. The Morgan fingerprint density at radius 3 is 2.06 bits per heavy atom. The Labute approximate surface area is 98.9 Å². The molecule has 0 aromatic heterocycles. The van der Waals surface area contributed by atoms with Crippen LogP contribution in [0.4, 0.5) is 0 Å². The molecular formula is C12H26N2O2+2. The summed E-state index contributed by atoms with van der Waals surface area (Å²) in [5, 5.41) is 0.